The van der Waals surface area contributed by atoms with Gasteiger partial charge in [-0.15, -0.1) is 0 Å². The van der Waals surface area contributed by atoms with Gasteiger partial charge in [0.05, 0.1) is 17.0 Å². The van der Waals surface area contributed by atoms with Crippen molar-refractivity contribution in [1.29, 1.82) is 0 Å². The highest BCUT2D eigenvalue weighted by molar-refractivity contribution is 7.89. The fraction of sp³-hybridized carbons (Fsp3) is 0.381. The predicted molar refractivity (Wildman–Crippen MR) is 109 cm³/mol. The Bertz CT molecular complexity index is 993. The molecule has 2 fully saturated rings. The number of aryl methyl sites for hydroxylation is 1. The van der Waals surface area contributed by atoms with Gasteiger partial charge in [-0.3, -0.25) is 9.69 Å². The number of sulfonamides is 1. The number of rotatable bonds is 3. The molecule has 0 radical (unpaired) electrons. The van der Waals surface area contributed by atoms with Gasteiger partial charge >= 0.3 is 0 Å². The SMILES string of the molecule is Cc1cccc(S(=O)(=O)N2CC[C@]3(CN(c4ccccc4)C(=O)CN3C)C2)c1. The van der Waals surface area contributed by atoms with E-state index in [0.717, 1.165) is 11.3 Å². The van der Waals surface area contributed by atoms with Gasteiger partial charge in [0, 0.05) is 25.3 Å². The third kappa shape index (κ3) is 3.23. The first-order valence-corrected chi connectivity index (χ1v) is 10.9. The Hall–Kier alpha value is -2.22. The molecular formula is C21H25N3O3S. The molecule has 1 atom stereocenters. The molecule has 2 saturated heterocycles. The second kappa shape index (κ2) is 6.99. The van der Waals surface area contributed by atoms with Crippen molar-refractivity contribution in [2.24, 2.45) is 0 Å². The summed E-state index contributed by atoms with van der Waals surface area (Å²) in [5, 5.41) is 0. The van der Waals surface area contributed by atoms with Gasteiger partial charge < -0.3 is 4.90 Å². The van der Waals surface area contributed by atoms with Crippen LogP contribution in [0.4, 0.5) is 5.69 Å². The summed E-state index contributed by atoms with van der Waals surface area (Å²) in [6.45, 7) is 3.51. The Morgan fingerprint density at radius 2 is 1.75 bits per heavy atom. The fourth-order valence-electron chi connectivity index (χ4n) is 4.19. The monoisotopic (exact) mass is 399 g/mol. The molecule has 6 nitrogen and oxygen atoms in total. The highest BCUT2D eigenvalue weighted by Crippen LogP contribution is 2.35. The lowest BCUT2D eigenvalue weighted by Gasteiger charge is -2.46. The number of anilines is 1. The minimum atomic E-state index is -3.55. The van der Waals surface area contributed by atoms with Crippen molar-refractivity contribution in [3.8, 4) is 0 Å². The molecule has 2 aliphatic heterocycles. The van der Waals surface area contributed by atoms with E-state index >= 15 is 0 Å². The van der Waals surface area contributed by atoms with E-state index < -0.39 is 10.0 Å². The second-order valence-corrected chi connectivity index (χ2v) is 9.74. The third-order valence-corrected chi connectivity index (χ3v) is 7.77. The zero-order valence-electron chi connectivity index (χ0n) is 16.2. The summed E-state index contributed by atoms with van der Waals surface area (Å²) < 4.78 is 27.9. The molecule has 148 valence electrons. The quantitative estimate of drug-likeness (QED) is 0.793. The molecule has 0 unspecified atom stereocenters. The summed E-state index contributed by atoms with van der Waals surface area (Å²) in [6.07, 6.45) is 0.700. The zero-order chi connectivity index (χ0) is 19.9. The zero-order valence-corrected chi connectivity index (χ0v) is 17.0. The predicted octanol–water partition coefficient (Wildman–Crippen LogP) is 2.11. The van der Waals surface area contributed by atoms with Crippen LogP contribution >= 0.6 is 0 Å². The third-order valence-electron chi connectivity index (χ3n) is 5.93. The largest absolute Gasteiger partial charge is 0.309 e. The van der Waals surface area contributed by atoms with Crippen LogP contribution in [-0.2, 0) is 14.8 Å². The maximum Gasteiger partial charge on any atom is 0.243 e. The maximum absolute atomic E-state index is 13.2. The van der Waals surface area contributed by atoms with Crippen molar-refractivity contribution < 1.29 is 13.2 Å². The van der Waals surface area contributed by atoms with Gasteiger partial charge in [-0.1, -0.05) is 30.3 Å². The van der Waals surface area contributed by atoms with Crippen LogP contribution in [0.2, 0.25) is 0 Å². The minimum Gasteiger partial charge on any atom is -0.309 e. The van der Waals surface area contributed by atoms with Gasteiger partial charge in [0.25, 0.3) is 0 Å². The first-order valence-electron chi connectivity index (χ1n) is 9.45. The summed E-state index contributed by atoms with van der Waals surface area (Å²) in [5.41, 5.74) is 1.41. The fourth-order valence-corrected chi connectivity index (χ4v) is 5.82. The maximum atomic E-state index is 13.2. The summed E-state index contributed by atoms with van der Waals surface area (Å²) in [5.74, 6) is 0.0410. The van der Waals surface area contributed by atoms with Crippen LogP contribution in [0.3, 0.4) is 0 Å². The van der Waals surface area contributed by atoms with Crippen LogP contribution < -0.4 is 4.90 Å². The molecule has 28 heavy (non-hydrogen) atoms. The van der Waals surface area contributed by atoms with E-state index in [0.29, 0.717) is 31.0 Å². The number of benzene rings is 2. The molecule has 0 aromatic heterocycles. The van der Waals surface area contributed by atoms with Crippen LogP contribution in [0.1, 0.15) is 12.0 Å². The van der Waals surface area contributed by atoms with E-state index in [1.165, 1.54) is 0 Å². The van der Waals surface area contributed by atoms with Crippen molar-refractivity contribution in [2.45, 2.75) is 23.8 Å². The van der Waals surface area contributed by atoms with Crippen molar-refractivity contribution in [3.05, 3.63) is 60.2 Å². The normalized spacial score (nSPS) is 24.2. The number of likely N-dealkylation sites (N-methyl/N-ethyl adjacent to an activating group) is 1. The minimum absolute atomic E-state index is 0.0410. The highest BCUT2D eigenvalue weighted by Gasteiger charge is 2.50. The van der Waals surface area contributed by atoms with Gasteiger partial charge in [0.2, 0.25) is 15.9 Å². The molecule has 4 rings (SSSR count). The molecule has 2 aromatic carbocycles. The van der Waals surface area contributed by atoms with E-state index in [-0.39, 0.29) is 18.0 Å². The molecule has 2 aliphatic rings. The van der Waals surface area contributed by atoms with Crippen molar-refractivity contribution >= 4 is 21.6 Å². The molecule has 1 amide bonds. The standard InChI is InChI=1S/C21H25N3O3S/c1-17-7-6-10-19(13-17)28(26,27)23-12-11-21(15-23)16-24(20(25)14-22(21)2)18-8-4-3-5-9-18/h3-10,13H,11-12,14-16H2,1-2H3/t21-/m1/s1. The summed E-state index contributed by atoms with van der Waals surface area (Å²) >= 11 is 0. The summed E-state index contributed by atoms with van der Waals surface area (Å²) in [6, 6.07) is 16.6. The Morgan fingerprint density at radius 3 is 2.46 bits per heavy atom. The van der Waals surface area contributed by atoms with Gasteiger partial charge in [0.1, 0.15) is 0 Å². The Balaban J connectivity index is 1.61. The summed E-state index contributed by atoms with van der Waals surface area (Å²) in [7, 11) is -1.63. The van der Waals surface area contributed by atoms with Crippen molar-refractivity contribution in [2.75, 3.05) is 38.1 Å². The smallest absolute Gasteiger partial charge is 0.243 e. The first-order chi connectivity index (χ1) is 13.3. The topological polar surface area (TPSA) is 60.9 Å². The number of para-hydroxylation sites is 1. The van der Waals surface area contributed by atoms with Crippen LogP contribution in [0.5, 0.6) is 0 Å². The molecule has 0 aliphatic carbocycles. The Morgan fingerprint density at radius 1 is 1.00 bits per heavy atom. The number of hydrogen-bond acceptors (Lipinski definition) is 4. The molecular weight excluding hydrogens is 374 g/mol. The van der Waals surface area contributed by atoms with Gasteiger partial charge in [-0.2, -0.15) is 4.31 Å². The Labute approximate surface area is 166 Å². The number of piperazine rings is 1. The van der Waals surface area contributed by atoms with Gasteiger partial charge in [-0.05, 0) is 50.2 Å². The number of carbonyl (C=O) groups is 1. The molecule has 0 saturated carbocycles. The number of carbonyl (C=O) groups excluding carboxylic acids is 1. The summed E-state index contributed by atoms with van der Waals surface area (Å²) in [4.78, 5) is 16.8. The molecule has 2 heterocycles. The lowest BCUT2D eigenvalue weighted by atomic mass is 9.92. The average molecular weight is 400 g/mol. The average Bonchev–Trinajstić information content (AvgIpc) is 3.12. The molecule has 7 heteroatoms. The molecule has 1 spiro atoms. The molecule has 0 bridgehead atoms. The van der Waals surface area contributed by atoms with Crippen LogP contribution in [-0.4, -0.2) is 62.3 Å². The van der Waals surface area contributed by atoms with Gasteiger partial charge in [0.15, 0.2) is 0 Å². The second-order valence-electron chi connectivity index (χ2n) is 7.80. The van der Waals surface area contributed by atoms with E-state index in [1.54, 1.807) is 27.4 Å². The van der Waals surface area contributed by atoms with Crippen LogP contribution in [0.15, 0.2) is 59.5 Å². The van der Waals surface area contributed by atoms with Crippen molar-refractivity contribution in [1.82, 2.24) is 9.21 Å². The van der Waals surface area contributed by atoms with E-state index in [2.05, 4.69) is 0 Å². The molecule has 2 aromatic rings. The first kappa shape index (κ1) is 19.1. The van der Waals surface area contributed by atoms with E-state index in [4.69, 9.17) is 0 Å². The molecule has 0 N–H and O–H groups in total. The number of hydrogen-bond donors (Lipinski definition) is 0. The lowest BCUT2D eigenvalue weighted by molar-refractivity contribution is -0.123. The van der Waals surface area contributed by atoms with E-state index in [1.807, 2.05) is 55.3 Å². The van der Waals surface area contributed by atoms with Crippen LogP contribution in [0.25, 0.3) is 0 Å². The van der Waals surface area contributed by atoms with Gasteiger partial charge in [-0.25, -0.2) is 8.42 Å². The highest BCUT2D eigenvalue weighted by atomic mass is 32.2. The van der Waals surface area contributed by atoms with E-state index in [9.17, 15) is 13.2 Å². The van der Waals surface area contributed by atoms with Crippen molar-refractivity contribution in [3.63, 3.8) is 0 Å². The number of amides is 1. The van der Waals surface area contributed by atoms with Crippen LogP contribution in [0, 0.1) is 6.92 Å². The number of nitrogens with zero attached hydrogens (tertiary/aromatic N) is 3. The Kier molecular flexibility index (Phi) is 4.77. The lowest BCUT2D eigenvalue weighted by Crippen LogP contribution is -2.64.